The Hall–Kier alpha value is -0.860. The third-order valence-corrected chi connectivity index (χ3v) is 9.13. The number of ether oxygens (including phenoxy) is 1. The maximum Gasteiger partial charge on any atom is 0.193 e. The summed E-state index contributed by atoms with van der Waals surface area (Å²) in [5, 5.41) is 3.61. The van der Waals surface area contributed by atoms with E-state index in [0.29, 0.717) is 13.1 Å². The summed E-state index contributed by atoms with van der Waals surface area (Å²) in [6.07, 6.45) is 6.27. The zero-order valence-corrected chi connectivity index (χ0v) is 18.0. The van der Waals surface area contributed by atoms with Crippen LogP contribution in [0, 0.1) is 0 Å². The number of rotatable bonds is 3. The summed E-state index contributed by atoms with van der Waals surface area (Å²) in [7, 11) is -1.25. The first-order valence-electron chi connectivity index (χ1n) is 10.3. The van der Waals surface area contributed by atoms with Gasteiger partial charge in [0.25, 0.3) is 0 Å². The highest BCUT2D eigenvalue weighted by molar-refractivity contribution is 7.92. The van der Waals surface area contributed by atoms with Crippen LogP contribution in [0.15, 0.2) is 4.99 Å². The molecule has 0 aromatic heterocycles. The average molecular weight is 401 g/mol. The quantitative estimate of drug-likeness (QED) is 0.565. The number of guanidine groups is 1. The second-order valence-electron chi connectivity index (χ2n) is 8.79. The van der Waals surface area contributed by atoms with Crippen LogP contribution >= 0.6 is 0 Å². The molecule has 0 bridgehead atoms. The maximum absolute atomic E-state index is 12.3. The number of aliphatic imine (C=N–C) groups is 1. The van der Waals surface area contributed by atoms with Gasteiger partial charge in [-0.05, 0) is 26.7 Å². The van der Waals surface area contributed by atoms with E-state index in [9.17, 15) is 8.42 Å². The molecule has 0 atom stereocenters. The Kier molecular flexibility index (Phi) is 6.37. The second-order valence-corrected chi connectivity index (χ2v) is 11.5. The first kappa shape index (κ1) is 20.9. The van der Waals surface area contributed by atoms with Crippen molar-refractivity contribution in [2.75, 3.05) is 58.7 Å². The fourth-order valence-corrected chi connectivity index (χ4v) is 6.12. The van der Waals surface area contributed by atoms with E-state index in [2.05, 4.69) is 20.1 Å². The second kappa shape index (κ2) is 8.25. The largest absolute Gasteiger partial charge is 0.379 e. The van der Waals surface area contributed by atoms with Gasteiger partial charge in [-0.25, -0.2) is 8.42 Å². The Balaban J connectivity index is 1.68. The van der Waals surface area contributed by atoms with Crippen molar-refractivity contribution in [1.82, 2.24) is 15.1 Å². The van der Waals surface area contributed by atoms with Crippen LogP contribution in [0.2, 0.25) is 0 Å². The summed E-state index contributed by atoms with van der Waals surface area (Å²) in [6.45, 7) is 9.11. The predicted octanol–water partition coefficient (Wildman–Crippen LogP) is 1.11. The van der Waals surface area contributed by atoms with Crippen molar-refractivity contribution in [2.24, 2.45) is 4.99 Å². The van der Waals surface area contributed by atoms with Gasteiger partial charge in [0.05, 0.1) is 23.7 Å². The van der Waals surface area contributed by atoms with Crippen LogP contribution < -0.4 is 5.32 Å². The standard InChI is InChI=1S/C19H36N4O3S/c1-18(2)16-22(11-14-27(18,24)25)17(20-3)21-15-19(7-5-4-6-8-19)23-9-12-26-13-10-23/h4-16H2,1-3H3,(H,20,21). The lowest BCUT2D eigenvalue weighted by Gasteiger charge is -2.49. The minimum absolute atomic E-state index is 0.162. The van der Waals surface area contributed by atoms with E-state index in [1.54, 1.807) is 7.05 Å². The van der Waals surface area contributed by atoms with Gasteiger partial charge in [0.2, 0.25) is 0 Å². The van der Waals surface area contributed by atoms with E-state index < -0.39 is 14.6 Å². The monoisotopic (exact) mass is 400 g/mol. The summed E-state index contributed by atoms with van der Waals surface area (Å²) in [5.74, 6) is 1.02. The van der Waals surface area contributed by atoms with Crippen LogP contribution in [-0.2, 0) is 14.6 Å². The Morgan fingerprint density at radius 1 is 1.11 bits per heavy atom. The minimum Gasteiger partial charge on any atom is -0.379 e. The van der Waals surface area contributed by atoms with Gasteiger partial charge < -0.3 is 15.0 Å². The molecule has 156 valence electrons. The molecule has 0 aromatic rings. The van der Waals surface area contributed by atoms with Gasteiger partial charge in [-0.1, -0.05) is 19.3 Å². The molecule has 27 heavy (non-hydrogen) atoms. The number of hydrogen-bond acceptors (Lipinski definition) is 5. The van der Waals surface area contributed by atoms with Gasteiger partial charge in [-0.15, -0.1) is 0 Å². The van der Waals surface area contributed by atoms with E-state index in [1.165, 1.54) is 32.1 Å². The summed E-state index contributed by atoms with van der Waals surface area (Å²) in [4.78, 5) is 9.20. The molecule has 1 saturated carbocycles. The lowest BCUT2D eigenvalue weighted by molar-refractivity contribution is -0.0354. The van der Waals surface area contributed by atoms with Gasteiger partial charge in [-0.3, -0.25) is 9.89 Å². The van der Waals surface area contributed by atoms with Crippen molar-refractivity contribution >= 4 is 15.8 Å². The molecule has 3 fully saturated rings. The van der Waals surface area contributed by atoms with Crippen molar-refractivity contribution in [3.8, 4) is 0 Å². The van der Waals surface area contributed by atoms with Gasteiger partial charge in [-0.2, -0.15) is 0 Å². The SMILES string of the molecule is CN=C(NCC1(N2CCOCC2)CCCCC1)N1CCS(=O)(=O)C(C)(C)C1. The summed E-state index contributed by atoms with van der Waals surface area (Å²) < 4.78 is 29.5. The molecule has 0 unspecified atom stereocenters. The van der Waals surface area contributed by atoms with Crippen molar-refractivity contribution in [3.63, 3.8) is 0 Å². The molecule has 1 N–H and O–H groups in total. The van der Waals surface area contributed by atoms with Gasteiger partial charge in [0.1, 0.15) is 0 Å². The summed E-state index contributed by atoms with van der Waals surface area (Å²) >= 11 is 0. The molecular weight excluding hydrogens is 364 g/mol. The predicted molar refractivity (Wildman–Crippen MR) is 109 cm³/mol. The molecule has 0 amide bonds. The van der Waals surface area contributed by atoms with Crippen molar-refractivity contribution < 1.29 is 13.2 Å². The molecule has 2 saturated heterocycles. The topological polar surface area (TPSA) is 74.2 Å². The van der Waals surface area contributed by atoms with Crippen LogP contribution in [-0.4, -0.2) is 93.2 Å². The minimum atomic E-state index is -3.05. The van der Waals surface area contributed by atoms with Crippen LogP contribution in [0.1, 0.15) is 46.0 Å². The highest BCUT2D eigenvalue weighted by Crippen LogP contribution is 2.34. The molecule has 1 aliphatic carbocycles. The van der Waals surface area contributed by atoms with Crippen LogP contribution in [0.4, 0.5) is 0 Å². The smallest absolute Gasteiger partial charge is 0.193 e. The summed E-state index contributed by atoms with van der Waals surface area (Å²) in [6, 6.07) is 0. The molecule has 0 aromatic carbocycles. The Morgan fingerprint density at radius 2 is 1.78 bits per heavy atom. The van der Waals surface area contributed by atoms with Gasteiger partial charge in [0.15, 0.2) is 15.8 Å². The van der Waals surface area contributed by atoms with Crippen molar-refractivity contribution in [1.29, 1.82) is 0 Å². The highest BCUT2D eigenvalue weighted by atomic mass is 32.2. The summed E-state index contributed by atoms with van der Waals surface area (Å²) in [5.41, 5.74) is 0.162. The zero-order valence-electron chi connectivity index (χ0n) is 17.2. The van der Waals surface area contributed by atoms with E-state index in [4.69, 9.17) is 4.74 Å². The molecule has 0 spiro atoms. The van der Waals surface area contributed by atoms with E-state index >= 15 is 0 Å². The molecule has 3 rings (SSSR count). The van der Waals surface area contributed by atoms with E-state index in [1.807, 2.05) is 13.8 Å². The fourth-order valence-electron chi connectivity index (χ4n) is 4.75. The fraction of sp³-hybridized carbons (Fsp3) is 0.947. The molecule has 3 aliphatic rings. The normalized spacial score (nSPS) is 28.7. The van der Waals surface area contributed by atoms with Crippen molar-refractivity contribution in [2.45, 2.75) is 56.2 Å². The van der Waals surface area contributed by atoms with E-state index in [-0.39, 0.29) is 11.3 Å². The third-order valence-electron chi connectivity index (χ3n) is 6.60. The van der Waals surface area contributed by atoms with Crippen LogP contribution in [0.5, 0.6) is 0 Å². The van der Waals surface area contributed by atoms with E-state index in [0.717, 1.165) is 38.8 Å². The van der Waals surface area contributed by atoms with Gasteiger partial charge >= 0.3 is 0 Å². The number of nitrogens with zero attached hydrogens (tertiary/aromatic N) is 3. The Morgan fingerprint density at radius 3 is 2.37 bits per heavy atom. The molecule has 8 heteroatoms. The Labute approximate surface area is 164 Å². The molecule has 0 radical (unpaired) electrons. The Bertz CT molecular complexity index is 635. The van der Waals surface area contributed by atoms with Crippen LogP contribution in [0.3, 0.4) is 0 Å². The van der Waals surface area contributed by atoms with Crippen molar-refractivity contribution in [3.05, 3.63) is 0 Å². The zero-order chi connectivity index (χ0) is 19.5. The lowest BCUT2D eigenvalue weighted by atomic mass is 9.79. The number of hydrogen-bond donors (Lipinski definition) is 1. The first-order valence-corrected chi connectivity index (χ1v) is 12.0. The maximum atomic E-state index is 12.3. The molecular formula is C19H36N4O3S. The number of morpholine rings is 1. The highest BCUT2D eigenvalue weighted by Gasteiger charge is 2.42. The molecule has 2 aliphatic heterocycles. The molecule has 2 heterocycles. The van der Waals surface area contributed by atoms with Crippen LogP contribution in [0.25, 0.3) is 0 Å². The third kappa shape index (κ3) is 4.43. The number of sulfone groups is 1. The van der Waals surface area contributed by atoms with Gasteiger partial charge in [0, 0.05) is 45.3 Å². The average Bonchev–Trinajstić information content (AvgIpc) is 2.66. The molecule has 7 nitrogen and oxygen atoms in total. The lowest BCUT2D eigenvalue weighted by Crippen LogP contribution is -2.62. The first-order chi connectivity index (χ1) is 12.8. The number of nitrogens with one attached hydrogen (secondary N) is 1.